The first-order valence-corrected chi connectivity index (χ1v) is 5.75. The Kier molecular flexibility index (Phi) is 3.05. The minimum atomic E-state index is -0.695. The Bertz CT molecular complexity index is 669. The van der Waals surface area contributed by atoms with Crippen LogP contribution in [-0.4, -0.2) is 26.9 Å². The van der Waals surface area contributed by atoms with Crippen molar-refractivity contribution in [2.75, 3.05) is 6.61 Å². The molecule has 0 unspecified atom stereocenters. The number of nitrogens with zero attached hydrogens (tertiary/aromatic N) is 2. The van der Waals surface area contributed by atoms with Crippen molar-refractivity contribution in [1.29, 1.82) is 0 Å². The first-order valence-electron chi connectivity index (χ1n) is 4.87. The third kappa shape index (κ3) is 2.26. The molecule has 8 heteroatoms. The highest BCUT2D eigenvalue weighted by Gasteiger charge is 2.12. The predicted octanol–water partition coefficient (Wildman–Crippen LogP) is -0.450. The van der Waals surface area contributed by atoms with Gasteiger partial charge in [0.25, 0.3) is 0 Å². The number of rotatable bonds is 3. The maximum absolute atomic E-state index is 11.5. The Hall–Kier alpha value is -1.96. The van der Waals surface area contributed by atoms with Gasteiger partial charge in [-0.15, -0.1) is 11.3 Å². The van der Waals surface area contributed by atoms with E-state index in [4.69, 9.17) is 4.74 Å². The largest absolute Gasteiger partial charge is 0.466 e. The Morgan fingerprint density at radius 2 is 2.35 bits per heavy atom. The number of hydrogen-bond acceptors (Lipinski definition) is 6. The summed E-state index contributed by atoms with van der Waals surface area (Å²) in [5.74, 6) is -0.426. The summed E-state index contributed by atoms with van der Waals surface area (Å²) < 4.78 is 5.98. The smallest absolute Gasteiger partial charge is 0.351 e. The molecule has 2 heterocycles. The number of thiazole rings is 1. The van der Waals surface area contributed by atoms with Crippen LogP contribution in [0.25, 0.3) is 4.96 Å². The number of ether oxygens (including phenoxy) is 1. The van der Waals surface area contributed by atoms with Gasteiger partial charge in [-0.05, 0) is 6.92 Å². The number of H-pyrrole nitrogens is 1. The highest BCUT2D eigenvalue weighted by molar-refractivity contribution is 7.15. The summed E-state index contributed by atoms with van der Waals surface area (Å²) in [4.78, 5) is 39.8. The molecule has 2 aromatic heterocycles. The van der Waals surface area contributed by atoms with E-state index in [1.165, 1.54) is 4.40 Å². The van der Waals surface area contributed by atoms with E-state index in [1.54, 1.807) is 12.3 Å². The second-order valence-electron chi connectivity index (χ2n) is 3.17. The first-order chi connectivity index (χ1) is 8.11. The number of hydrogen-bond donors (Lipinski definition) is 1. The molecule has 0 saturated heterocycles. The van der Waals surface area contributed by atoms with Gasteiger partial charge in [0.1, 0.15) is 0 Å². The SMILES string of the molecule is CCOC(=O)Cc1csc2nc(=O)[nH]c(=O)n12. The maximum Gasteiger partial charge on any atom is 0.351 e. The predicted molar refractivity (Wildman–Crippen MR) is 60.3 cm³/mol. The van der Waals surface area contributed by atoms with E-state index >= 15 is 0 Å². The van der Waals surface area contributed by atoms with Gasteiger partial charge in [0.15, 0.2) is 0 Å². The summed E-state index contributed by atoms with van der Waals surface area (Å²) in [5.41, 5.74) is -0.836. The topological polar surface area (TPSA) is 93.5 Å². The van der Waals surface area contributed by atoms with Crippen LogP contribution in [0, 0.1) is 0 Å². The Labute approximate surface area is 98.7 Å². The number of carbonyl (C=O) groups is 1. The summed E-state index contributed by atoms with van der Waals surface area (Å²) in [5, 5.41) is 1.61. The minimum absolute atomic E-state index is 0.0263. The normalized spacial score (nSPS) is 10.6. The van der Waals surface area contributed by atoms with Crippen LogP contribution in [0.2, 0.25) is 0 Å². The lowest BCUT2D eigenvalue weighted by atomic mass is 10.3. The van der Waals surface area contributed by atoms with Gasteiger partial charge in [-0.2, -0.15) is 4.98 Å². The first kappa shape index (κ1) is 11.5. The monoisotopic (exact) mass is 255 g/mol. The Morgan fingerprint density at radius 1 is 1.59 bits per heavy atom. The fraction of sp³-hybridized carbons (Fsp3) is 0.333. The van der Waals surface area contributed by atoms with Crippen molar-refractivity contribution in [2.45, 2.75) is 13.3 Å². The molecule has 0 amide bonds. The molecule has 0 aliphatic carbocycles. The van der Waals surface area contributed by atoms with Crippen LogP contribution in [0.5, 0.6) is 0 Å². The van der Waals surface area contributed by atoms with Crippen LogP contribution in [0.4, 0.5) is 0 Å². The molecular formula is C9H9N3O4S. The van der Waals surface area contributed by atoms with Gasteiger partial charge in [0.2, 0.25) is 4.96 Å². The number of carbonyl (C=O) groups excluding carboxylic acids is 1. The quantitative estimate of drug-likeness (QED) is 0.750. The van der Waals surface area contributed by atoms with Crippen LogP contribution in [0.15, 0.2) is 15.0 Å². The van der Waals surface area contributed by atoms with Crippen molar-refractivity contribution in [3.8, 4) is 0 Å². The molecule has 1 N–H and O–H groups in total. The lowest BCUT2D eigenvalue weighted by molar-refractivity contribution is -0.142. The molecule has 0 radical (unpaired) electrons. The third-order valence-corrected chi connectivity index (χ3v) is 2.90. The van der Waals surface area contributed by atoms with E-state index in [0.717, 1.165) is 11.3 Å². The van der Waals surface area contributed by atoms with Crippen molar-refractivity contribution in [2.24, 2.45) is 0 Å². The number of aromatic nitrogens is 3. The third-order valence-electron chi connectivity index (χ3n) is 2.02. The average Bonchev–Trinajstić information content (AvgIpc) is 2.61. The van der Waals surface area contributed by atoms with Gasteiger partial charge in [0.05, 0.1) is 18.7 Å². The molecule has 0 aliphatic heterocycles. The van der Waals surface area contributed by atoms with Crippen molar-refractivity contribution >= 4 is 22.3 Å². The number of nitrogens with one attached hydrogen (secondary N) is 1. The van der Waals surface area contributed by atoms with E-state index in [2.05, 4.69) is 4.98 Å². The fourth-order valence-electron chi connectivity index (χ4n) is 1.39. The highest BCUT2D eigenvalue weighted by Crippen LogP contribution is 2.11. The molecule has 2 aromatic rings. The van der Waals surface area contributed by atoms with E-state index in [1.807, 2.05) is 4.98 Å². The average molecular weight is 255 g/mol. The van der Waals surface area contributed by atoms with Gasteiger partial charge in [-0.1, -0.05) is 0 Å². The zero-order valence-electron chi connectivity index (χ0n) is 8.93. The summed E-state index contributed by atoms with van der Waals surface area (Å²) in [6.07, 6.45) is -0.0263. The summed E-state index contributed by atoms with van der Waals surface area (Å²) in [7, 11) is 0. The Balaban J connectivity index is 2.46. The molecule has 0 spiro atoms. The molecule has 0 aliphatic rings. The molecule has 0 bridgehead atoms. The van der Waals surface area contributed by atoms with E-state index in [0.29, 0.717) is 5.69 Å². The van der Waals surface area contributed by atoms with Crippen LogP contribution in [-0.2, 0) is 16.0 Å². The molecular weight excluding hydrogens is 246 g/mol. The fourth-order valence-corrected chi connectivity index (χ4v) is 2.26. The molecule has 7 nitrogen and oxygen atoms in total. The number of esters is 1. The molecule has 17 heavy (non-hydrogen) atoms. The molecule has 0 aromatic carbocycles. The van der Waals surface area contributed by atoms with Crippen molar-refractivity contribution in [3.63, 3.8) is 0 Å². The zero-order chi connectivity index (χ0) is 12.4. The van der Waals surface area contributed by atoms with Crippen LogP contribution >= 0.6 is 11.3 Å². The van der Waals surface area contributed by atoms with Crippen LogP contribution < -0.4 is 11.4 Å². The van der Waals surface area contributed by atoms with Crippen LogP contribution in [0.1, 0.15) is 12.6 Å². The number of aromatic amines is 1. The lowest BCUT2D eigenvalue weighted by Crippen LogP contribution is -2.28. The summed E-state index contributed by atoms with van der Waals surface area (Å²) >= 11 is 1.13. The Morgan fingerprint density at radius 3 is 3.06 bits per heavy atom. The lowest BCUT2D eigenvalue weighted by Gasteiger charge is -2.00. The summed E-state index contributed by atoms with van der Waals surface area (Å²) in [6, 6.07) is 0. The second kappa shape index (κ2) is 4.50. The molecule has 0 fully saturated rings. The van der Waals surface area contributed by atoms with Gasteiger partial charge in [-0.3, -0.25) is 9.78 Å². The van der Waals surface area contributed by atoms with Crippen molar-refractivity contribution in [1.82, 2.24) is 14.4 Å². The molecule has 2 rings (SSSR count). The standard InChI is InChI=1S/C9H9N3O4S/c1-2-16-6(13)3-5-4-17-9-11-7(14)10-8(15)12(5)9/h4H,2-3H2,1H3,(H,10,14,15). The molecule has 0 saturated carbocycles. The molecule has 0 atom stereocenters. The van der Waals surface area contributed by atoms with Gasteiger partial charge in [0, 0.05) is 5.38 Å². The van der Waals surface area contributed by atoms with Crippen molar-refractivity contribution in [3.05, 3.63) is 32.0 Å². The van der Waals surface area contributed by atoms with Crippen molar-refractivity contribution < 1.29 is 9.53 Å². The minimum Gasteiger partial charge on any atom is -0.466 e. The van der Waals surface area contributed by atoms with Gasteiger partial charge in [-0.25, -0.2) is 14.0 Å². The number of fused-ring (bicyclic) bond motifs is 1. The second-order valence-corrected chi connectivity index (χ2v) is 4.01. The van der Waals surface area contributed by atoms with Crippen LogP contribution in [0.3, 0.4) is 0 Å². The molecule has 90 valence electrons. The summed E-state index contributed by atoms with van der Waals surface area (Å²) in [6.45, 7) is 1.99. The van der Waals surface area contributed by atoms with E-state index < -0.39 is 17.3 Å². The van der Waals surface area contributed by atoms with Gasteiger partial charge < -0.3 is 4.74 Å². The van der Waals surface area contributed by atoms with E-state index in [-0.39, 0.29) is 18.0 Å². The highest BCUT2D eigenvalue weighted by atomic mass is 32.1. The zero-order valence-corrected chi connectivity index (χ0v) is 9.74. The maximum atomic E-state index is 11.5. The van der Waals surface area contributed by atoms with Gasteiger partial charge >= 0.3 is 17.3 Å². The van der Waals surface area contributed by atoms with E-state index in [9.17, 15) is 14.4 Å².